The molecule has 0 saturated carbocycles. The largest absolute Gasteiger partial charge is 0.422 e. The van der Waals surface area contributed by atoms with E-state index in [1.807, 2.05) is 32.2 Å². The molecule has 0 saturated heterocycles. The number of benzene rings is 1. The number of nitrogens with zero attached hydrogens (tertiary/aromatic N) is 5. The molecule has 3 heterocycles. The summed E-state index contributed by atoms with van der Waals surface area (Å²) >= 11 is 0. The molecule has 0 unspecified atom stereocenters. The van der Waals surface area contributed by atoms with Crippen LogP contribution in [0.15, 0.2) is 52.2 Å². The molecule has 9 heteroatoms. The molecule has 0 spiro atoms. The van der Waals surface area contributed by atoms with Crippen molar-refractivity contribution in [2.45, 2.75) is 39.8 Å². The van der Waals surface area contributed by atoms with E-state index in [1.165, 1.54) is 4.57 Å². The van der Waals surface area contributed by atoms with Crippen LogP contribution in [0.5, 0.6) is 5.75 Å². The van der Waals surface area contributed by atoms with Crippen LogP contribution in [0.3, 0.4) is 0 Å². The summed E-state index contributed by atoms with van der Waals surface area (Å²) in [7, 11) is 3.54. The third-order valence-electron chi connectivity index (χ3n) is 5.78. The Morgan fingerprint density at radius 3 is 2.37 bits per heavy atom. The van der Waals surface area contributed by atoms with Crippen LogP contribution in [-0.4, -0.2) is 29.2 Å². The van der Waals surface area contributed by atoms with Crippen molar-refractivity contribution in [2.75, 3.05) is 0 Å². The fraction of sp³-hybridized carbons (Fsp3) is 0.308. The first-order chi connectivity index (χ1) is 16.8. The molecule has 3 aromatic heterocycles. The first-order valence-corrected chi connectivity index (χ1v) is 11.7. The molecule has 0 fully saturated rings. The summed E-state index contributed by atoms with van der Waals surface area (Å²) in [6, 6.07) is 10.6. The van der Waals surface area contributed by atoms with Crippen molar-refractivity contribution in [3.05, 3.63) is 80.5 Å². The van der Waals surface area contributed by atoms with E-state index in [-0.39, 0.29) is 11.2 Å². The van der Waals surface area contributed by atoms with Crippen molar-refractivity contribution in [1.29, 1.82) is 0 Å². The van der Waals surface area contributed by atoms with E-state index in [4.69, 9.17) is 4.74 Å². The summed E-state index contributed by atoms with van der Waals surface area (Å²) < 4.78 is 11.7. The monoisotopic (exact) mass is 475 g/mol. The molecule has 0 bridgehead atoms. The van der Waals surface area contributed by atoms with E-state index >= 15 is 0 Å². The van der Waals surface area contributed by atoms with Gasteiger partial charge in [0, 0.05) is 33.4 Å². The van der Waals surface area contributed by atoms with Crippen LogP contribution in [0.25, 0.3) is 23.3 Å². The highest BCUT2D eigenvalue weighted by atomic mass is 16.5. The number of carbonyl (C=O) groups excluding carboxylic acids is 1. The van der Waals surface area contributed by atoms with Crippen molar-refractivity contribution in [3.8, 4) is 5.75 Å². The number of fused-ring (bicyclic) bond motifs is 1. The first-order valence-electron chi connectivity index (χ1n) is 11.7. The minimum Gasteiger partial charge on any atom is -0.422 e. The average Bonchev–Trinajstić information content (AvgIpc) is 3.38. The maximum absolute atomic E-state index is 13.1. The van der Waals surface area contributed by atoms with Crippen LogP contribution in [-0.2, 0) is 27.2 Å². The van der Waals surface area contributed by atoms with Gasteiger partial charge in [-0.15, -0.1) is 0 Å². The number of imidazole rings is 1. The van der Waals surface area contributed by atoms with Crippen LogP contribution >= 0.6 is 0 Å². The standard InChI is InChI=1S/C26H29N5O4/c1-5-14-30-23-22(24(32)31(15-6-2)26(30)34)29(4)21(27-23)13-12-18-16-20(28(3)17-18)25(33)35-19-10-8-7-9-11-19/h7-13,16-17H,5-6,14-15H2,1-4H3. The molecule has 4 rings (SSSR count). The number of aromatic nitrogens is 5. The van der Waals surface area contributed by atoms with Crippen LogP contribution in [0.1, 0.15) is 48.6 Å². The van der Waals surface area contributed by atoms with Gasteiger partial charge in [0.1, 0.15) is 17.3 Å². The molecular weight excluding hydrogens is 446 g/mol. The summed E-state index contributed by atoms with van der Waals surface area (Å²) in [6.45, 7) is 4.75. The number of rotatable bonds is 8. The normalized spacial score (nSPS) is 11.5. The fourth-order valence-electron chi connectivity index (χ4n) is 4.08. The van der Waals surface area contributed by atoms with E-state index in [1.54, 1.807) is 64.2 Å². The molecule has 35 heavy (non-hydrogen) atoms. The number of hydrogen-bond acceptors (Lipinski definition) is 5. The molecular formula is C26H29N5O4. The first kappa shape index (κ1) is 24.0. The maximum Gasteiger partial charge on any atom is 0.360 e. The van der Waals surface area contributed by atoms with E-state index in [0.29, 0.717) is 47.9 Å². The minimum atomic E-state index is -0.457. The third kappa shape index (κ3) is 4.62. The van der Waals surface area contributed by atoms with Gasteiger partial charge < -0.3 is 13.9 Å². The van der Waals surface area contributed by atoms with E-state index in [9.17, 15) is 14.4 Å². The lowest BCUT2D eigenvalue weighted by atomic mass is 10.3. The van der Waals surface area contributed by atoms with Crippen LogP contribution in [0.4, 0.5) is 0 Å². The Balaban J connectivity index is 1.69. The Kier molecular flexibility index (Phi) is 6.86. The van der Waals surface area contributed by atoms with Crippen LogP contribution < -0.4 is 16.0 Å². The maximum atomic E-state index is 13.1. The van der Waals surface area contributed by atoms with Gasteiger partial charge in [0.05, 0.1) is 0 Å². The van der Waals surface area contributed by atoms with Gasteiger partial charge >= 0.3 is 11.7 Å². The van der Waals surface area contributed by atoms with E-state index in [0.717, 1.165) is 12.0 Å². The smallest absolute Gasteiger partial charge is 0.360 e. The molecule has 0 aliphatic carbocycles. The lowest BCUT2D eigenvalue weighted by Crippen LogP contribution is -2.40. The Morgan fingerprint density at radius 1 is 1.00 bits per heavy atom. The second kappa shape index (κ2) is 10.0. The third-order valence-corrected chi connectivity index (χ3v) is 5.78. The Labute approximate surface area is 202 Å². The fourth-order valence-corrected chi connectivity index (χ4v) is 4.08. The van der Waals surface area contributed by atoms with Gasteiger partial charge in [-0.2, -0.15) is 0 Å². The predicted molar refractivity (Wildman–Crippen MR) is 136 cm³/mol. The molecule has 9 nitrogen and oxygen atoms in total. The number of para-hydroxylation sites is 1. The Hall–Kier alpha value is -4.14. The molecule has 0 aliphatic rings. The van der Waals surface area contributed by atoms with Crippen molar-refractivity contribution >= 4 is 29.3 Å². The molecule has 0 N–H and O–H groups in total. The van der Waals surface area contributed by atoms with Gasteiger partial charge in [-0.1, -0.05) is 32.0 Å². The molecule has 4 aromatic rings. The highest BCUT2D eigenvalue weighted by Gasteiger charge is 2.19. The lowest BCUT2D eigenvalue weighted by Gasteiger charge is -2.10. The van der Waals surface area contributed by atoms with E-state index < -0.39 is 5.97 Å². The molecule has 0 aliphatic heterocycles. The summed E-state index contributed by atoms with van der Waals surface area (Å²) in [5, 5.41) is 0. The van der Waals surface area contributed by atoms with Gasteiger partial charge in [0.25, 0.3) is 5.56 Å². The minimum absolute atomic E-state index is 0.329. The van der Waals surface area contributed by atoms with Crippen molar-refractivity contribution in [2.24, 2.45) is 14.1 Å². The number of aryl methyl sites for hydroxylation is 3. The molecule has 0 radical (unpaired) electrons. The lowest BCUT2D eigenvalue weighted by molar-refractivity contribution is 0.0725. The second-order valence-corrected chi connectivity index (χ2v) is 8.40. The zero-order valence-corrected chi connectivity index (χ0v) is 20.4. The highest BCUT2D eigenvalue weighted by molar-refractivity contribution is 5.90. The summed E-state index contributed by atoms with van der Waals surface area (Å²) in [5.74, 6) is 0.552. The zero-order chi connectivity index (χ0) is 25.1. The van der Waals surface area contributed by atoms with E-state index in [2.05, 4.69) is 4.98 Å². The van der Waals surface area contributed by atoms with Gasteiger partial charge in [-0.3, -0.25) is 13.9 Å². The second-order valence-electron chi connectivity index (χ2n) is 8.40. The highest BCUT2D eigenvalue weighted by Crippen LogP contribution is 2.17. The molecule has 0 atom stereocenters. The van der Waals surface area contributed by atoms with Gasteiger partial charge in [0.2, 0.25) is 0 Å². The van der Waals surface area contributed by atoms with Crippen molar-refractivity contribution in [1.82, 2.24) is 23.3 Å². The number of hydrogen-bond donors (Lipinski definition) is 0. The van der Waals surface area contributed by atoms with Gasteiger partial charge in [-0.05, 0) is 48.8 Å². The summed E-state index contributed by atoms with van der Waals surface area (Å²) in [4.78, 5) is 43.2. The number of carbonyl (C=O) groups is 1. The molecule has 0 amide bonds. The quantitative estimate of drug-likeness (QED) is 0.288. The van der Waals surface area contributed by atoms with Crippen molar-refractivity contribution < 1.29 is 9.53 Å². The topological polar surface area (TPSA) is 93.1 Å². The molecule has 1 aromatic carbocycles. The van der Waals surface area contributed by atoms with Crippen LogP contribution in [0, 0.1) is 0 Å². The summed E-state index contributed by atoms with van der Waals surface area (Å²) in [6.07, 6.45) is 6.81. The average molecular weight is 476 g/mol. The Bertz CT molecular complexity index is 1520. The van der Waals surface area contributed by atoms with Gasteiger partial charge in [-0.25, -0.2) is 14.6 Å². The molecule has 182 valence electrons. The summed E-state index contributed by atoms with van der Waals surface area (Å²) in [5.41, 5.74) is 1.29. The number of ether oxygens (including phenoxy) is 1. The van der Waals surface area contributed by atoms with Crippen LogP contribution in [0.2, 0.25) is 0 Å². The van der Waals surface area contributed by atoms with Crippen molar-refractivity contribution in [3.63, 3.8) is 0 Å². The predicted octanol–water partition coefficient (Wildman–Crippen LogP) is 3.44. The SMILES string of the molecule is CCCn1c(=O)c2c(nc(C=Cc3cc(C(=O)Oc4ccccc4)n(C)c3)n2C)n(CCC)c1=O. The number of esters is 1. The zero-order valence-electron chi connectivity index (χ0n) is 20.4. The van der Waals surface area contributed by atoms with Gasteiger partial charge in [0.15, 0.2) is 11.2 Å². The Morgan fingerprint density at radius 2 is 1.69 bits per heavy atom.